The van der Waals surface area contributed by atoms with Crippen molar-refractivity contribution in [3.05, 3.63) is 71.1 Å². The number of halogens is 2. The maximum Gasteiger partial charge on any atom is 0.412 e. The van der Waals surface area contributed by atoms with Crippen LogP contribution in [0.1, 0.15) is 18.9 Å². The van der Waals surface area contributed by atoms with E-state index < -0.39 is 42.5 Å². The fraction of sp³-hybridized carbons (Fsp3) is 0.357. The van der Waals surface area contributed by atoms with Crippen LogP contribution in [0.15, 0.2) is 54.7 Å². The Labute approximate surface area is 236 Å². The zero-order valence-electron chi connectivity index (χ0n) is 22.2. The van der Waals surface area contributed by atoms with Gasteiger partial charge in [0.05, 0.1) is 29.7 Å². The summed E-state index contributed by atoms with van der Waals surface area (Å²) >= 11 is 6.00. The molecule has 1 aromatic heterocycles. The lowest BCUT2D eigenvalue weighted by Crippen LogP contribution is -2.51. The van der Waals surface area contributed by atoms with Crippen LogP contribution in [0.4, 0.5) is 15.0 Å². The van der Waals surface area contributed by atoms with Crippen molar-refractivity contribution >= 4 is 46.1 Å². The minimum Gasteiger partial charge on any atom is -0.447 e. The van der Waals surface area contributed by atoms with E-state index in [-0.39, 0.29) is 42.7 Å². The summed E-state index contributed by atoms with van der Waals surface area (Å²) < 4.78 is 19.1. The molecule has 2 aromatic carbocycles. The first-order chi connectivity index (χ1) is 19.1. The summed E-state index contributed by atoms with van der Waals surface area (Å²) in [4.78, 5) is 43.6. The molecule has 3 amide bonds. The highest BCUT2D eigenvalue weighted by atomic mass is 35.5. The summed E-state index contributed by atoms with van der Waals surface area (Å²) in [6.45, 7) is -0.242. The lowest BCUT2D eigenvalue weighted by molar-refractivity contribution is -0.137. The summed E-state index contributed by atoms with van der Waals surface area (Å²) in [5.41, 5.74) is -0.977. The number of amides is 3. The Balaban J connectivity index is 1.66. The van der Waals surface area contributed by atoms with Gasteiger partial charge in [-0.05, 0) is 36.4 Å². The number of ether oxygens (including phenoxy) is 1. The first-order valence-electron chi connectivity index (χ1n) is 12.5. The standard InChI is InChI=1S/C28H32ClFN4O6/c1-28(16-35,17-36)26(38)32-14-21(34(2)24(37)11-10-18-8-5-9-22(30)25(18)29)15-40-27(39)33-23-12-19-6-3-4-7-20(19)13-31-23/h3-9,12-13,21,35-36H,10-11,14-17H2,1-2H3,(H,32,38)(H,31,33,39)/t21-/m0/s1. The molecule has 3 rings (SSSR count). The lowest BCUT2D eigenvalue weighted by Gasteiger charge is -2.30. The minimum absolute atomic E-state index is 0.0255. The van der Waals surface area contributed by atoms with Gasteiger partial charge in [0.15, 0.2) is 0 Å². The second kappa shape index (κ2) is 14.0. The van der Waals surface area contributed by atoms with Gasteiger partial charge in [0, 0.05) is 31.6 Å². The van der Waals surface area contributed by atoms with Gasteiger partial charge in [0.2, 0.25) is 11.8 Å². The predicted molar refractivity (Wildman–Crippen MR) is 148 cm³/mol. The van der Waals surface area contributed by atoms with Crippen molar-refractivity contribution in [1.82, 2.24) is 15.2 Å². The zero-order chi connectivity index (χ0) is 29.3. The first-order valence-corrected chi connectivity index (χ1v) is 12.9. The number of hydrogen-bond donors (Lipinski definition) is 4. The van der Waals surface area contributed by atoms with Crippen molar-refractivity contribution in [3.63, 3.8) is 0 Å². The summed E-state index contributed by atoms with van der Waals surface area (Å²) in [5.74, 6) is -1.32. The Kier molecular flexibility index (Phi) is 10.8. The van der Waals surface area contributed by atoms with Gasteiger partial charge in [-0.1, -0.05) is 48.0 Å². The molecule has 214 valence electrons. The third-order valence-electron chi connectivity index (χ3n) is 6.59. The van der Waals surface area contributed by atoms with Crippen molar-refractivity contribution in [2.24, 2.45) is 5.41 Å². The highest BCUT2D eigenvalue weighted by molar-refractivity contribution is 6.31. The Morgan fingerprint density at radius 3 is 2.52 bits per heavy atom. The molecule has 1 heterocycles. The van der Waals surface area contributed by atoms with Crippen molar-refractivity contribution < 1.29 is 33.7 Å². The number of aliphatic hydroxyl groups excluding tert-OH is 2. The Morgan fingerprint density at radius 2 is 1.82 bits per heavy atom. The number of nitrogens with zero attached hydrogens (tertiary/aromatic N) is 2. The molecule has 4 N–H and O–H groups in total. The number of aryl methyl sites for hydroxylation is 1. The number of carbonyl (C=O) groups is 3. The maximum atomic E-state index is 13.8. The Bertz CT molecular complexity index is 1350. The number of fused-ring (bicyclic) bond motifs is 1. The van der Waals surface area contributed by atoms with Crippen molar-refractivity contribution in [3.8, 4) is 0 Å². The minimum atomic E-state index is -1.44. The van der Waals surface area contributed by atoms with Crippen LogP contribution in [-0.4, -0.2) is 77.5 Å². The summed E-state index contributed by atoms with van der Waals surface area (Å²) in [7, 11) is 1.48. The summed E-state index contributed by atoms with van der Waals surface area (Å²) in [6, 6.07) is 12.7. The number of aliphatic hydroxyl groups is 2. The molecular weight excluding hydrogens is 543 g/mol. The number of benzene rings is 2. The number of hydrogen-bond acceptors (Lipinski definition) is 7. The van der Waals surface area contributed by atoms with E-state index in [4.69, 9.17) is 16.3 Å². The monoisotopic (exact) mass is 574 g/mol. The van der Waals surface area contributed by atoms with Crippen LogP contribution >= 0.6 is 11.6 Å². The van der Waals surface area contributed by atoms with Crippen molar-refractivity contribution in [2.75, 3.05) is 38.7 Å². The average molecular weight is 575 g/mol. The molecule has 0 saturated heterocycles. The second-order valence-electron chi connectivity index (χ2n) is 9.60. The molecule has 0 fully saturated rings. The Hall–Kier alpha value is -3.80. The number of rotatable bonds is 12. The molecule has 0 aliphatic carbocycles. The van der Waals surface area contributed by atoms with Gasteiger partial charge in [0.25, 0.3) is 0 Å². The highest BCUT2D eigenvalue weighted by Gasteiger charge is 2.33. The molecule has 12 heteroatoms. The topological polar surface area (TPSA) is 141 Å². The summed E-state index contributed by atoms with van der Waals surface area (Å²) in [6.07, 6.45) is 0.936. The second-order valence-corrected chi connectivity index (χ2v) is 9.98. The van der Waals surface area contributed by atoms with E-state index in [2.05, 4.69) is 15.6 Å². The van der Waals surface area contributed by atoms with E-state index in [1.165, 1.54) is 31.0 Å². The number of carbonyl (C=O) groups excluding carboxylic acids is 3. The molecule has 10 nitrogen and oxygen atoms in total. The van der Waals surface area contributed by atoms with E-state index in [9.17, 15) is 29.0 Å². The number of nitrogens with one attached hydrogen (secondary N) is 2. The van der Waals surface area contributed by atoms with Crippen LogP contribution in [0, 0.1) is 11.2 Å². The third-order valence-corrected chi connectivity index (χ3v) is 7.02. The molecule has 0 unspecified atom stereocenters. The molecule has 0 saturated carbocycles. The normalized spacial score (nSPS) is 12.1. The van der Waals surface area contributed by atoms with Crippen LogP contribution in [0.25, 0.3) is 10.8 Å². The van der Waals surface area contributed by atoms with Gasteiger partial charge in [-0.3, -0.25) is 14.9 Å². The zero-order valence-corrected chi connectivity index (χ0v) is 22.9. The van der Waals surface area contributed by atoms with Gasteiger partial charge in [0.1, 0.15) is 18.2 Å². The van der Waals surface area contributed by atoms with Gasteiger partial charge in [-0.25, -0.2) is 14.2 Å². The van der Waals surface area contributed by atoms with E-state index >= 15 is 0 Å². The van der Waals surface area contributed by atoms with Crippen molar-refractivity contribution in [1.29, 1.82) is 0 Å². The predicted octanol–water partition coefficient (Wildman–Crippen LogP) is 3.14. The number of aromatic nitrogens is 1. The number of pyridine rings is 1. The number of anilines is 1. The molecule has 0 radical (unpaired) electrons. The lowest BCUT2D eigenvalue weighted by atomic mass is 9.92. The van der Waals surface area contributed by atoms with Crippen LogP contribution in [0.2, 0.25) is 5.02 Å². The highest BCUT2D eigenvalue weighted by Crippen LogP contribution is 2.21. The quantitative estimate of drug-likeness (QED) is 0.260. The first kappa shape index (κ1) is 30.7. The van der Waals surface area contributed by atoms with E-state index in [0.29, 0.717) is 5.56 Å². The van der Waals surface area contributed by atoms with E-state index in [1.54, 1.807) is 18.3 Å². The number of likely N-dealkylation sites (N-methyl/N-ethyl adjacent to an activating group) is 1. The fourth-order valence-corrected chi connectivity index (χ4v) is 3.97. The average Bonchev–Trinajstić information content (AvgIpc) is 2.96. The summed E-state index contributed by atoms with van der Waals surface area (Å²) in [5, 5.41) is 25.9. The van der Waals surface area contributed by atoms with Crippen LogP contribution in [-0.2, 0) is 20.7 Å². The van der Waals surface area contributed by atoms with Gasteiger partial charge >= 0.3 is 6.09 Å². The van der Waals surface area contributed by atoms with Gasteiger partial charge in [-0.15, -0.1) is 0 Å². The smallest absolute Gasteiger partial charge is 0.412 e. The molecule has 1 atom stereocenters. The van der Waals surface area contributed by atoms with Gasteiger partial charge < -0.3 is 25.2 Å². The van der Waals surface area contributed by atoms with E-state index in [1.807, 2.05) is 24.3 Å². The van der Waals surface area contributed by atoms with Crippen LogP contribution < -0.4 is 10.6 Å². The van der Waals surface area contributed by atoms with Crippen molar-refractivity contribution in [2.45, 2.75) is 25.8 Å². The third kappa shape index (κ3) is 7.87. The largest absolute Gasteiger partial charge is 0.447 e. The Morgan fingerprint density at radius 1 is 1.12 bits per heavy atom. The SMILES string of the molecule is CN(C(=O)CCc1cccc(F)c1Cl)[C@@H](CNC(=O)C(C)(CO)CO)COC(=O)Nc1cc2ccccc2cn1. The molecule has 40 heavy (non-hydrogen) atoms. The molecule has 3 aromatic rings. The molecule has 0 spiro atoms. The van der Waals surface area contributed by atoms with Gasteiger partial charge in [-0.2, -0.15) is 0 Å². The maximum absolute atomic E-state index is 13.8. The molecular formula is C28H32ClFN4O6. The van der Waals surface area contributed by atoms with E-state index in [0.717, 1.165) is 10.8 Å². The van der Waals surface area contributed by atoms with Crippen LogP contribution in [0.3, 0.4) is 0 Å². The molecule has 0 aliphatic rings. The molecule has 0 aliphatic heterocycles. The molecule has 0 bridgehead atoms. The fourth-order valence-electron chi connectivity index (χ4n) is 3.75. The van der Waals surface area contributed by atoms with Crippen LogP contribution in [0.5, 0.6) is 0 Å².